The number of likely N-dealkylation sites (tertiary alicyclic amines) is 1. The van der Waals surface area contributed by atoms with E-state index in [1.54, 1.807) is 0 Å². The number of anilines is 1. The van der Waals surface area contributed by atoms with Crippen LogP contribution in [0.25, 0.3) is 0 Å². The fraction of sp³-hybridized carbons (Fsp3) is 0.350. The van der Waals surface area contributed by atoms with Crippen LogP contribution >= 0.6 is 11.6 Å². The number of amides is 1. The molecule has 0 aromatic heterocycles. The van der Waals surface area contributed by atoms with Gasteiger partial charge in [0.15, 0.2) is 0 Å². The highest BCUT2D eigenvalue weighted by molar-refractivity contribution is 6.30. The second kappa shape index (κ2) is 9.11. The van der Waals surface area contributed by atoms with Gasteiger partial charge in [-0.25, -0.2) is 0 Å². The van der Waals surface area contributed by atoms with Gasteiger partial charge >= 0.3 is 0 Å². The number of ether oxygens (including phenoxy) is 1. The van der Waals surface area contributed by atoms with Gasteiger partial charge in [0.2, 0.25) is 0 Å². The van der Waals surface area contributed by atoms with Crippen LogP contribution in [-0.4, -0.2) is 42.0 Å². The van der Waals surface area contributed by atoms with Crippen LogP contribution in [0, 0.1) is 10.1 Å². The quantitative estimate of drug-likeness (QED) is 0.423. The maximum atomic E-state index is 12.7. The van der Waals surface area contributed by atoms with Gasteiger partial charge in [0.1, 0.15) is 11.4 Å². The van der Waals surface area contributed by atoms with Crippen LogP contribution in [-0.2, 0) is 6.54 Å². The summed E-state index contributed by atoms with van der Waals surface area (Å²) in [5, 5.41) is 14.8. The first kappa shape index (κ1) is 20.9. The highest BCUT2D eigenvalue weighted by Crippen LogP contribution is 2.30. The molecule has 1 heterocycles. The van der Waals surface area contributed by atoms with Crippen molar-refractivity contribution < 1.29 is 14.5 Å². The summed E-state index contributed by atoms with van der Waals surface area (Å²) in [6.45, 7) is 2.51. The predicted molar refractivity (Wildman–Crippen MR) is 111 cm³/mol. The van der Waals surface area contributed by atoms with Gasteiger partial charge in [-0.05, 0) is 30.5 Å². The molecule has 0 radical (unpaired) electrons. The van der Waals surface area contributed by atoms with Crippen LogP contribution in [0.3, 0.4) is 0 Å². The molecule has 3 rings (SSSR count). The van der Waals surface area contributed by atoms with E-state index in [1.807, 2.05) is 24.3 Å². The molecule has 1 amide bonds. The molecule has 3 N–H and O–H groups in total. The lowest BCUT2D eigenvalue weighted by molar-refractivity contribution is -0.383. The number of methoxy groups -OCH3 is 1. The number of carbonyl (C=O) groups excluding carboxylic acids is 1. The third-order valence-electron chi connectivity index (χ3n) is 5.03. The molecule has 0 spiro atoms. The number of carbonyl (C=O) groups is 1. The second-order valence-electron chi connectivity index (χ2n) is 7.02. The van der Waals surface area contributed by atoms with Gasteiger partial charge in [-0.1, -0.05) is 23.7 Å². The number of nitro groups is 1. The third-order valence-corrected chi connectivity index (χ3v) is 5.28. The average molecular weight is 419 g/mol. The zero-order chi connectivity index (χ0) is 21.0. The fourth-order valence-corrected chi connectivity index (χ4v) is 3.56. The smallest absolute Gasteiger partial charge is 0.293 e. The Kier molecular flexibility index (Phi) is 6.56. The summed E-state index contributed by atoms with van der Waals surface area (Å²) in [6, 6.07) is 10.2. The van der Waals surface area contributed by atoms with Gasteiger partial charge in [-0.15, -0.1) is 0 Å². The highest BCUT2D eigenvalue weighted by atomic mass is 35.5. The molecule has 0 atom stereocenters. The molecule has 1 fully saturated rings. The molecular formula is C20H23ClN4O4. The summed E-state index contributed by atoms with van der Waals surface area (Å²) >= 11 is 5.92. The maximum Gasteiger partial charge on any atom is 0.293 e. The normalized spacial score (nSPS) is 15.1. The summed E-state index contributed by atoms with van der Waals surface area (Å²) < 4.78 is 5.18. The van der Waals surface area contributed by atoms with Gasteiger partial charge in [-0.2, -0.15) is 0 Å². The standard InChI is InChI=1S/C20H23ClN4O4/c1-29-19-11-17(22)18(25(27)28)10-16(19)20(26)23-15-6-8-24(9-7-15)12-13-2-4-14(21)5-3-13/h2-5,10-11,15H,6-9,12,22H2,1H3,(H,23,26). The van der Waals surface area contributed by atoms with E-state index in [4.69, 9.17) is 22.1 Å². The summed E-state index contributed by atoms with van der Waals surface area (Å²) in [5.41, 5.74) is 6.62. The molecule has 1 aliphatic rings. The number of nitrogen functional groups attached to an aromatic ring is 1. The lowest BCUT2D eigenvalue weighted by atomic mass is 10.0. The number of rotatable bonds is 6. The van der Waals surface area contributed by atoms with Gasteiger partial charge in [0, 0.05) is 42.8 Å². The number of piperidine rings is 1. The van der Waals surface area contributed by atoms with E-state index < -0.39 is 10.8 Å². The van der Waals surface area contributed by atoms with Crippen molar-refractivity contribution in [2.24, 2.45) is 0 Å². The summed E-state index contributed by atoms with van der Waals surface area (Å²) in [4.78, 5) is 25.5. The van der Waals surface area contributed by atoms with Gasteiger partial charge in [0.05, 0.1) is 17.6 Å². The summed E-state index contributed by atoms with van der Waals surface area (Å²) in [6.07, 6.45) is 1.58. The molecule has 8 nitrogen and oxygen atoms in total. The lowest BCUT2D eigenvalue weighted by Crippen LogP contribution is -2.44. The molecule has 2 aromatic rings. The number of hydrogen-bond acceptors (Lipinski definition) is 6. The summed E-state index contributed by atoms with van der Waals surface area (Å²) in [7, 11) is 1.40. The van der Waals surface area contributed by atoms with Crippen molar-refractivity contribution >= 4 is 28.9 Å². The van der Waals surface area contributed by atoms with Crippen molar-refractivity contribution in [2.45, 2.75) is 25.4 Å². The molecular weight excluding hydrogens is 396 g/mol. The van der Waals surface area contributed by atoms with Gasteiger partial charge < -0.3 is 15.8 Å². The van der Waals surface area contributed by atoms with Crippen LogP contribution in [0.4, 0.5) is 11.4 Å². The predicted octanol–water partition coefficient (Wildman–Crippen LogP) is 3.23. The number of nitrogens with one attached hydrogen (secondary N) is 1. The van der Waals surface area contributed by atoms with Crippen molar-refractivity contribution in [3.8, 4) is 5.75 Å². The van der Waals surface area contributed by atoms with Crippen LogP contribution in [0.15, 0.2) is 36.4 Å². The van der Waals surface area contributed by atoms with E-state index in [-0.39, 0.29) is 28.7 Å². The first-order valence-electron chi connectivity index (χ1n) is 9.27. The minimum atomic E-state index is -0.610. The molecule has 154 valence electrons. The van der Waals surface area contributed by atoms with Gasteiger partial charge in [0.25, 0.3) is 11.6 Å². The Labute approximate surface area is 173 Å². The average Bonchev–Trinajstić information content (AvgIpc) is 2.70. The van der Waals surface area contributed by atoms with E-state index >= 15 is 0 Å². The Morgan fingerprint density at radius 2 is 1.97 bits per heavy atom. The molecule has 1 aliphatic heterocycles. The first-order chi connectivity index (χ1) is 13.9. The van der Waals surface area contributed by atoms with E-state index in [2.05, 4.69) is 10.2 Å². The van der Waals surface area contributed by atoms with Crippen molar-refractivity contribution in [3.63, 3.8) is 0 Å². The topological polar surface area (TPSA) is 111 Å². The molecule has 0 unspecified atom stereocenters. The summed E-state index contributed by atoms with van der Waals surface area (Å²) in [5.74, 6) is -0.188. The monoisotopic (exact) mass is 418 g/mol. The molecule has 9 heteroatoms. The van der Waals surface area contributed by atoms with E-state index in [1.165, 1.54) is 24.8 Å². The maximum absolute atomic E-state index is 12.7. The van der Waals surface area contributed by atoms with Crippen molar-refractivity contribution in [2.75, 3.05) is 25.9 Å². The molecule has 2 aromatic carbocycles. The van der Waals surface area contributed by atoms with E-state index in [0.29, 0.717) is 5.02 Å². The first-order valence-corrected chi connectivity index (χ1v) is 9.64. The number of nitrogens with two attached hydrogens (primary N) is 1. The largest absolute Gasteiger partial charge is 0.496 e. The SMILES string of the molecule is COc1cc(N)c([N+](=O)[O-])cc1C(=O)NC1CCN(Cc2ccc(Cl)cc2)CC1. The number of nitrogens with zero attached hydrogens (tertiary/aromatic N) is 2. The zero-order valence-corrected chi connectivity index (χ0v) is 16.8. The molecule has 0 saturated carbocycles. The molecule has 0 bridgehead atoms. The van der Waals surface area contributed by atoms with Crippen molar-refractivity contribution in [1.82, 2.24) is 10.2 Å². The minimum absolute atomic E-state index is 0.00900. The van der Waals surface area contributed by atoms with Crippen LogP contribution in [0.5, 0.6) is 5.75 Å². The number of hydrogen-bond donors (Lipinski definition) is 2. The Morgan fingerprint density at radius 1 is 1.31 bits per heavy atom. The minimum Gasteiger partial charge on any atom is -0.496 e. The van der Waals surface area contributed by atoms with Crippen LogP contribution in [0.2, 0.25) is 5.02 Å². The number of halogens is 1. The molecule has 0 aliphatic carbocycles. The van der Waals surface area contributed by atoms with Crippen molar-refractivity contribution in [3.05, 3.63) is 62.7 Å². The van der Waals surface area contributed by atoms with E-state index in [0.717, 1.165) is 32.5 Å². The van der Waals surface area contributed by atoms with E-state index in [9.17, 15) is 14.9 Å². The molecule has 1 saturated heterocycles. The van der Waals surface area contributed by atoms with Crippen LogP contribution in [0.1, 0.15) is 28.8 Å². The third kappa shape index (κ3) is 5.16. The number of benzene rings is 2. The van der Waals surface area contributed by atoms with Crippen molar-refractivity contribution in [1.29, 1.82) is 0 Å². The zero-order valence-electron chi connectivity index (χ0n) is 16.1. The Bertz CT molecular complexity index is 896. The lowest BCUT2D eigenvalue weighted by Gasteiger charge is -2.32. The highest BCUT2D eigenvalue weighted by Gasteiger charge is 2.25. The Hall–Kier alpha value is -2.84. The Morgan fingerprint density at radius 3 is 2.55 bits per heavy atom. The van der Waals surface area contributed by atoms with Crippen LogP contribution < -0.4 is 15.8 Å². The number of nitro benzene ring substituents is 1. The second-order valence-corrected chi connectivity index (χ2v) is 7.46. The van der Waals surface area contributed by atoms with Gasteiger partial charge in [-0.3, -0.25) is 19.8 Å². The fourth-order valence-electron chi connectivity index (χ4n) is 3.44. The molecule has 29 heavy (non-hydrogen) atoms. The Balaban J connectivity index is 1.60.